The van der Waals surface area contributed by atoms with Gasteiger partial charge in [0.2, 0.25) is 0 Å². The van der Waals surface area contributed by atoms with Crippen LogP contribution in [0.2, 0.25) is 0 Å². The summed E-state index contributed by atoms with van der Waals surface area (Å²) in [6, 6.07) is 16.0. The molecule has 0 aliphatic carbocycles. The number of amides is 1. The molecule has 0 bridgehead atoms. The summed E-state index contributed by atoms with van der Waals surface area (Å²) in [4.78, 5) is 14.6. The monoisotopic (exact) mass is 364 g/mol. The lowest BCUT2D eigenvalue weighted by Crippen LogP contribution is -2.42. The maximum absolute atomic E-state index is 13.2. The molecule has 1 aliphatic rings. The van der Waals surface area contributed by atoms with Crippen LogP contribution in [0.3, 0.4) is 0 Å². The van der Waals surface area contributed by atoms with E-state index in [2.05, 4.69) is 16.5 Å². The molecule has 2 aromatic carbocycles. The van der Waals surface area contributed by atoms with Crippen molar-refractivity contribution in [3.63, 3.8) is 0 Å². The third kappa shape index (κ3) is 3.43. The predicted molar refractivity (Wildman–Crippen MR) is 104 cm³/mol. The third-order valence-electron chi connectivity index (χ3n) is 4.74. The van der Waals surface area contributed by atoms with Crippen LogP contribution in [-0.2, 0) is 6.54 Å². The Morgan fingerprint density at radius 1 is 1.19 bits per heavy atom. The van der Waals surface area contributed by atoms with Crippen LogP contribution in [0.15, 0.2) is 54.6 Å². The van der Waals surface area contributed by atoms with E-state index in [-0.39, 0.29) is 17.8 Å². The fraction of sp³-hybridized carbons (Fsp3) is 0.238. The van der Waals surface area contributed by atoms with Crippen molar-refractivity contribution in [1.29, 1.82) is 0 Å². The van der Waals surface area contributed by atoms with Crippen LogP contribution in [0.5, 0.6) is 0 Å². The highest BCUT2D eigenvalue weighted by Gasteiger charge is 2.31. The molecule has 0 fully saturated rings. The van der Waals surface area contributed by atoms with Crippen LogP contribution < -0.4 is 10.2 Å². The number of carbonyl (C=O) groups excluding carboxylic acids is 1. The lowest BCUT2D eigenvalue weighted by molar-refractivity contribution is 0.0953. The lowest BCUT2D eigenvalue weighted by atomic mass is 10.1. The first-order valence-electron chi connectivity index (χ1n) is 8.97. The molecule has 4 rings (SSSR count). The normalized spacial score (nSPS) is 16.3. The van der Waals surface area contributed by atoms with Gasteiger partial charge >= 0.3 is 0 Å². The number of nitrogens with zero attached hydrogens (tertiary/aromatic N) is 3. The Labute approximate surface area is 157 Å². The smallest absolute Gasteiger partial charge is 0.276 e. The van der Waals surface area contributed by atoms with Gasteiger partial charge in [0.15, 0.2) is 0 Å². The molecule has 1 aromatic heterocycles. The zero-order chi connectivity index (χ0) is 19.0. The van der Waals surface area contributed by atoms with Gasteiger partial charge in [0, 0.05) is 17.9 Å². The molecular formula is C21H21FN4O. The van der Waals surface area contributed by atoms with E-state index in [1.165, 1.54) is 17.7 Å². The van der Waals surface area contributed by atoms with Crippen molar-refractivity contribution in [3.05, 3.63) is 77.4 Å². The molecule has 0 radical (unpaired) electrons. The van der Waals surface area contributed by atoms with E-state index < -0.39 is 0 Å². The summed E-state index contributed by atoms with van der Waals surface area (Å²) in [6.07, 6.45) is 0. The number of hydrogen-bond donors (Lipinski definition) is 1. The van der Waals surface area contributed by atoms with Gasteiger partial charge in [-0.3, -0.25) is 9.48 Å². The highest BCUT2D eigenvalue weighted by atomic mass is 19.1. The number of benzene rings is 2. The van der Waals surface area contributed by atoms with Crippen LogP contribution in [0, 0.1) is 12.7 Å². The van der Waals surface area contributed by atoms with Gasteiger partial charge in [0.1, 0.15) is 11.5 Å². The third-order valence-corrected chi connectivity index (χ3v) is 4.74. The van der Waals surface area contributed by atoms with Crippen LogP contribution in [0.25, 0.3) is 0 Å². The highest BCUT2D eigenvalue weighted by molar-refractivity contribution is 6.05. The van der Waals surface area contributed by atoms with E-state index >= 15 is 0 Å². The molecule has 27 heavy (non-hydrogen) atoms. The molecule has 2 heterocycles. The van der Waals surface area contributed by atoms with Crippen molar-refractivity contribution in [2.45, 2.75) is 26.4 Å². The molecule has 1 amide bonds. The highest BCUT2D eigenvalue weighted by Crippen LogP contribution is 2.27. The first-order chi connectivity index (χ1) is 13.0. The molecule has 5 nitrogen and oxygen atoms in total. The first kappa shape index (κ1) is 17.3. The van der Waals surface area contributed by atoms with Crippen molar-refractivity contribution in [1.82, 2.24) is 9.78 Å². The zero-order valence-electron chi connectivity index (χ0n) is 15.3. The van der Waals surface area contributed by atoms with Gasteiger partial charge in [-0.25, -0.2) is 4.39 Å². The van der Waals surface area contributed by atoms with Crippen molar-refractivity contribution < 1.29 is 9.18 Å². The Bertz CT molecular complexity index is 980. The van der Waals surface area contributed by atoms with E-state index in [0.717, 1.165) is 11.4 Å². The van der Waals surface area contributed by atoms with E-state index in [4.69, 9.17) is 0 Å². The number of aryl methyl sites for hydroxylation is 1. The maximum Gasteiger partial charge on any atom is 0.276 e. The van der Waals surface area contributed by atoms with Gasteiger partial charge in [-0.05, 0) is 61.9 Å². The Balaban J connectivity index is 1.55. The summed E-state index contributed by atoms with van der Waals surface area (Å²) in [7, 11) is 0. The standard InChI is InChI=1S/C21H21FN4O/c1-14-4-3-5-17(10-14)23-12-18-11-20-21(27)25(13-15(2)26(20)24-18)19-8-6-16(22)7-9-19/h3-11,15,23H,12-13H2,1-2H3/t15-/m0/s1. The van der Waals surface area contributed by atoms with E-state index in [9.17, 15) is 9.18 Å². The Hall–Kier alpha value is -3.15. The van der Waals surface area contributed by atoms with Crippen LogP contribution >= 0.6 is 0 Å². The minimum Gasteiger partial charge on any atom is -0.379 e. The average molecular weight is 364 g/mol. The minimum absolute atomic E-state index is 0.0375. The van der Waals surface area contributed by atoms with Crippen LogP contribution in [0.1, 0.15) is 34.7 Å². The van der Waals surface area contributed by atoms with E-state index in [1.54, 1.807) is 21.7 Å². The topological polar surface area (TPSA) is 50.2 Å². The number of carbonyl (C=O) groups is 1. The molecule has 138 valence electrons. The lowest BCUT2D eigenvalue weighted by Gasteiger charge is -2.31. The summed E-state index contributed by atoms with van der Waals surface area (Å²) in [6.45, 7) is 5.12. The molecule has 0 saturated carbocycles. The fourth-order valence-corrected chi connectivity index (χ4v) is 3.38. The van der Waals surface area contributed by atoms with Crippen LogP contribution in [0.4, 0.5) is 15.8 Å². The SMILES string of the molecule is Cc1cccc(NCc2cc3n(n2)[C@@H](C)CN(c2ccc(F)cc2)C3=O)c1. The van der Waals surface area contributed by atoms with Crippen molar-refractivity contribution in [3.8, 4) is 0 Å². The largest absolute Gasteiger partial charge is 0.379 e. The average Bonchev–Trinajstić information content (AvgIpc) is 3.09. The minimum atomic E-state index is -0.314. The zero-order valence-corrected chi connectivity index (χ0v) is 15.3. The number of hydrogen-bond acceptors (Lipinski definition) is 3. The Morgan fingerprint density at radius 2 is 1.96 bits per heavy atom. The number of nitrogens with one attached hydrogen (secondary N) is 1. The van der Waals surface area contributed by atoms with Gasteiger partial charge in [-0.1, -0.05) is 12.1 Å². The Morgan fingerprint density at radius 3 is 2.70 bits per heavy atom. The van der Waals surface area contributed by atoms with Gasteiger partial charge in [-0.2, -0.15) is 5.10 Å². The number of fused-ring (bicyclic) bond motifs is 1. The van der Waals surface area contributed by atoms with Gasteiger partial charge < -0.3 is 10.2 Å². The first-order valence-corrected chi connectivity index (χ1v) is 8.97. The molecule has 0 unspecified atom stereocenters. The van der Waals surface area contributed by atoms with Crippen molar-refractivity contribution in [2.24, 2.45) is 0 Å². The summed E-state index contributed by atoms with van der Waals surface area (Å²) >= 11 is 0. The quantitative estimate of drug-likeness (QED) is 0.756. The molecule has 1 N–H and O–H groups in total. The second-order valence-electron chi connectivity index (χ2n) is 6.93. The maximum atomic E-state index is 13.2. The van der Waals surface area contributed by atoms with Gasteiger partial charge in [0.25, 0.3) is 5.91 Å². The second-order valence-corrected chi connectivity index (χ2v) is 6.93. The summed E-state index contributed by atoms with van der Waals surface area (Å²) in [5.41, 5.74) is 4.27. The number of aromatic nitrogens is 2. The molecule has 1 atom stereocenters. The molecule has 0 saturated heterocycles. The van der Waals surface area contributed by atoms with E-state index in [1.807, 2.05) is 38.1 Å². The van der Waals surface area contributed by atoms with Crippen LogP contribution in [-0.4, -0.2) is 22.2 Å². The summed E-state index contributed by atoms with van der Waals surface area (Å²) < 4.78 is 15.0. The van der Waals surface area contributed by atoms with Gasteiger partial charge in [0.05, 0.1) is 18.3 Å². The van der Waals surface area contributed by atoms with Crippen molar-refractivity contribution >= 4 is 17.3 Å². The van der Waals surface area contributed by atoms with E-state index in [0.29, 0.717) is 24.5 Å². The molecule has 6 heteroatoms. The summed E-state index contributed by atoms with van der Waals surface area (Å²) in [5, 5.41) is 7.96. The Kier molecular flexibility index (Phi) is 4.39. The second kappa shape index (κ2) is 6.87. The fourth-order valence-electron chi connectivity index (χ4n) is 3.38. The number of halogens is 1. The van der Waals surface area contributed by atoms with Gasteiger partial charge in [-0.15, -0.1) is 0 Å². The molecular weight excluding hydrogens is 343 g/mol. The number of anilines is 2. The molecule has 3 aromatic rings. The molecule has 0 spiro atoms. The number of rotatable bonds is 4. The summed E-state index contributed by atoms with van der Waals surface area (Å²) in [5.74, 6) is -0.431. The molecule has 1 aliphatic heterocycles. The van der Waals surface area contributed by atoms with Crippen molar-refractivity contribution in [2.75, 3.05) is 16.8 Å². The predicted octanol–water partition coefficient (Wildman–Crippen LogP) is 4.16.